The monoisotopic (exact) mass is 446 g/mol. The molecule has 182 valence electrons. The van der Waals surface area contributed by atoms with Gasteiger partial charge in [-0.2, -0.15) is 0 Å². The average molecular weight is 447 g/mol. The van der Waals surface area contributed by atoms with Crippen LogP contribution in [0, 0.1) is 12.8 Å². The Morgan fingerprint density at radius 1 is 1.09 bits per heavy atom. The number of aryl methyl sites for hydroxylation is 2. The van der Waals surface area contributed by atoms with E-state index >= 15 is 0 Å². The number of rotatable bonds is 9. The quantitative estimate of drug-likeness (QED) is 0.490. The fourth-order valence-corrected chi connectivity index (χ4v) is 4.12. The maximum absolute atomic E-state index is 13.0. The molecule has 1 atom stereocenters. The van der Waals surface area contributed by atoms with Gasteiger partial charge >= 0.3 is 0 Å². The van der Waals surface area contributed by atoms with Crippen LogP contribution in [-0.2, 0) is 16.1 Å². The first-order chi connectivity index (χ1) is 15.2. The van der Waals surface area contributed by atoms with E-state index in [1.165, 1.54) is 38.5 Å². The zero-order valence-electron chi connectivity index (χ0n) is 21.2. The Hall–Kier alpha value is -1.69. The Morgan fingerprint density at radius 3 is 2.47 bits per heavy atom. The van der Waals surface area contributed by atoms with E-state index in [4.69, 9.17) is 4.74 Å². The van der Waals surface area contributed by atoms with Crippen LogP contribution in [-0.4, -0.2) is 38.6 Å². The summed E-state index contributed by atoms with van der Waals surface area (Å²) in [5.41, 5.74) is 0.377. The molecule has 0 aromatic carbocycles. The summed E-state index contributed by atoms with van der Waals surface area (Å²) < 4.78 is 8.05. The Bertz CT molecular complexity index is 708. The lowest BCUT2D eigenvalue weighted by molar-refractivity contribution is -0.125. The fourth-order valence-electron chi connectivity index (χ4n) is 4.12. The summed E-state index contributed by atoms with van der Waals surface area (Å²) in [5, 5.41) is 11.4. The van der Waals surface area contributed by atoms with Gasteiger partial charge in [-0.25, -0.2) is 0 Å². The van der Waals surface area contributed by atoms with Gasteiger partial charge in [0.05, 0.1) is 17.2 Å². The number of amides is 1. The van der Waals surface area contributed by atoms with Gasteiger partial charge in [0, 0.05) is 24.9 Å². The standard InChI is InChI=1S/C26H46N4O2/c1-22-21-30(29-28-22)19-17-26(4,5)32-20-18-25(2,3)27-24(31)23-15-13-11-9-7-6-8-10-12-14-16-23/h13,15,21,23H,6-12,14,16-20H2,1-5H3,(H,27,31)/b15-13-. The highest BCUT2D eigenvalue weighted by Gasteiger charge is 2.26. The smallest absolute Gasteiger partial charge is 0.227 e. The first kappa shape index (κ1) is 26.6. The highest BCUT2D eigenvalue weighted by atomic mass is 16.5. The van der Waals surface area contributed by atoms with Crippen molar-refractivity contribution < 1.29 is 9.53 Å². The van der Waals surface area contributed by atoms with Gasteiger partial charge in [-0.15, -0.1) is 5.10 Å². The molecule has 0 radical (unpaired) electrons. The van der Waals surface area contributed by atoms with Gasteiger partial charge < -0.3 is 10.1 Å². The number of hydrogen-bond donors (Lipinski definition) is 1. The summed E-state index contributed by atoms with van der Waals surface area (Å²) in [6, 6.07) is 0. The van der Waals surface area contributed by atoms with Crippen molar-refractivity contribution >= 4 is 5.91 Å². The van der Waals surface area contributed by atoms with Crippen LogP contribution >= 0.6 is 0 Å². The van der Waals surface area contributed by atoms with E-state index in [9.17, 15) is 4.79 Å². The van der Waals surface area contributed by atoms with Crippen molar-refractivity contribution in [1.82, 2.24) is 20.3 Å². The molecule has 1 heterocycles. The maximum atomic E-state index is 13.0. The minimum atomic E-state index is -0.298. The van der Waals surface area contributed by atoms with Crippen molar-refractivity contribution in [3.05, 3.63) is 24.0 Å². The number of ether oxygens (including phenoxy) is 1. The second-order valence-corrected chi connectivity index (χ2v) is 10.7. The van der Waals surface area contributed by atoms with Crippen LogP contribution in [0.2, 0.25) is 0 Å². The van der Waals surface area contributed by atoms with Crippen molar-refractivity contribution in [2.24, 2.45) is 5.92 Å². The third kappa shape index (κ3) is 10.8. The summed E-state index contributed by atoms with van der Waals surface area (Å²) in [7, 11) is 0. The minimum Gasteiger partial charge on any atom is -0.375 e. The van der Waals surface area contributed by atoms with E-state index in [0.29, 0.717) is 6.61 Å². The van der Waals surface area contributed by atoms with Crippen LogP contribution in [0.1, 0.15) is 104 Å². The fraction of sp³-hybridized carbons (Fsp3) is 0.808. The van der Waals surface area contributed by atoms with Crippen LogP contribution in [0.4, 0.5) is 0 Å². The lowest BCUT2D eigenvalue weighted by atomic mass is 9.94. The second-order valence-electron chi connectivity index (χ2n) is 10.7. The molecule has 1 amide bonds. The second kappa shape index (κ2) is 13.1. The molecule has 0 saturated carbocycles. The van der Waals surface area contributed by atoms with Crippen molar-refractivity contribution in [3.8, 4) is 0 Å². The van der Waals surface area contributed by atoms with E-state index in [1.807, 2.05) is 17.8 Å². The van der Waals surface area contributed by atoms with Gasteiger partial charge in [-0.1, -0.05) is 55.9 Å². The van der Waals surface area contributed by atoms with Gasteiger partial charge in [0.25, 0.3) is 0 Å². The van der Waals surface area contributed by atoms with E-state index in [1.54, 1.807) is 0 Å². The Kier molecular flexibility index (Phi) is 10.9. The number of carbonyl (C=O) groups is 1. The third-order valence-corrected chi connectivity index (χ3v) is 6.37. The average Bonchev–Trinajstić information content (AvgIpc) is 3.11. The lowest BCUT2D eigenvalue weighted by Gasteiger charge is -2.31. The van der Waals surface area contributed by atoms with Crippen LogP contribution in [0.15, 0.2) is 18.3 Å². The normalized spacial score (nSPS) is 20.2. The number of hydrogen-bond acceptors (Lipinski definition) is 4. The topological polar surface area (TPSA) is 69.0 Å². The van der Waals surface area contributed by atoms with E-state index in [2.05, 4.69) is 55.5 Å². The number of nitrogens with one attached hydrogen (secondary N) is 1. The molecule has 0 fully saturated rings. The molecule has 0 saturated heterocycles. The lowest BCUT2D eigenvalue weighted by Crippen LogP contribution is -2.47. The van der Waals surface area contributed by atoms with E-state index < -0.39 is 0 Å². The number of allylic oxidation sites excluding steroid dienone is 1. The largest absolute Gasteiger partial charge is 0.375 e. The molecular weight excluding hydrogens is 400 g/mol. The van der Waals surface area contributed by atoms with Crippen molar-refractivity contribution in [2.75, 3.05) is 6.61 Å². The number of carbonyl (C=O) groups excluding carboxylic acids is 1. The van der Waals surface area contributed by atoms with E-state index in [-0.39, 0.29) is 23.0 Å². The van der Waals surface area contributed by atoms with Gasteiger partial charge in [-0.05, 0) is 66.7 Å². The molecular formula is C26H46N4O2. The van der Waals surface area contributed by atoms with Crippen molar-refractivity contribution in [1.29, 1.82) is 0 Å². The highest BCUT2D eigenvalue weighted by Crippen LogP contribution is 2.21. The summed E-state index contributed by atoms with van der Waals surface area (Å²) in [5.74, 6) is 0.140. The molecule has 1 N–H and O–H groups in total. The first-order valence-corrected chi connectivity index (χ1v) is 12.7. The minimum absolute atomic E-state index is 0.0165. The molecule has 32 heavy (non-hydrogen) atoms. The molecule has 6 nitrogen and oxygen atoms in total. The van der Waals surface area contributed by atoms with E-state index in [0.717, 1.165) is 44.3 Å². The van der Waals surface area contributed by atoms with Gasteiger partial charge in [0.2, 0.25) is 5.91 Å². The predicted molar refractivity (Wildman–Crippen MR) is 130 cm³/mol. The van der Waals surface area contributed by atoms with Gasteiger partial charge in [0.15, 0.2) is 0 Å². The van der Waals surface area contributed by atoms with Crippen LogP contribution < -0.4 is 5.32 Å². The molecule has 0 bridgehead atoms. The SMILES string of the molecule is Cc1cn(CCC(C)(C)OCCC(C)(C)NC(=O)C2/C=C\CCCCCCCCC2)nn1. The van der Waals surface area contributed by atoms with Crippen LogP contribution in [0.5, 0.6) is 0 Å². The molecule has 1 aromatic heterocycles. The molecule has 1 unspecified atom stereocenters. The van der Waals surface area contributed by atoms with Crippen molar-refractivity contribution in [3.63, 3.8) is 0 Å². The Labute approximate surface area is 195 Å². The number of nitrogens with zero attached hydrogens (tertiary/aromatic N) is 3. The molecule has 2 rings (SSSR count). The summed E-state index contributed by atoms with van der Waals surface area (Å²) in [6.45, 7) is 11.7. The highest BCUT2D eigenvalue weighted by molar-refractivity contribution is 5.81. The molecule has 0 aliphatic heterocycles. The predicted octanol–water partition coefficient (Wildman–Crippen LogP) is 5.75. The summed E-state index contributed by atoms with van der Waals surface area (Å²) in [4.78, 5) is 13.0. The Morgan fingerprint density at radius 2 is 1.78 bits per heavy atom. The molecule has 1 aliphatic rings. The molecule has 1 aromatic rings. The first-order valence-electron chi connectivity index (χ1n) is 12.7. The van der Waals surface area contributed by atoms with Crippen LogP contribution in [0.25, 0.3) is 0 Å². The molecule has 6 heteroatoms. The number of aromatic nitrogens is 3. The zero-order valence-corrected chi connectivity index (χ0v) is 21.2. The van der Waals surface area contributed by atoms with Crippen molar-refractivity contribution in [2.45, 2.75) is 123 Å². The summed E-state index contributed by atoms with van der Waals surface area (Å²) in [6.07, 6.45) is 18.9. The maximum Gasteiger partial charge on any atom is 0.227 e. The molecule has 1 aliphatic carbocycles. The van der Waals surface area contributed by atoms with Gasteiger partial charge in [0.1, 0.15) is 0 Å². The zero-order chi connectivity index (χ0) is 23.5. The Balaban J connectivity index is 1.78. The van der Waals surface area contributed by atoms with Gasteiger partial charge in [-0.3, -0.25) is 9.48 Å². The summed E-state index contributed by atoms with van der Waals surface area (Å²) >= 11 is 0. The third-order valence-electron chi connectivity index (χ3n) is 6.37. The van der Waals surface area contributed by atoms with Crippen LogP contribution in [0.3, 0.4) is 0 Å². The molecule has 0 spiro atoms.